The fraction of sp³-hybridized carbons (Fsp3) is 0.588. The SMILES string of the molecule is CCCCCNc1ccc(OC)c(S(=O)(=O)NC2CCN(C#N)C2)c1. The van der Waals surface area contributed by atoms with Crippen LogP contribution in [0.2, 0.25) is 0 Å². The molecule has 2 N–H and O–H groups in total. The van der Waals surface area contributed by atoms with Crippen LogP contribution in [0.25, 0.3) is 0 Å². The summed E-state index contributed by atoms with van der Waals surface area (Å²) >= 11 is 0. The number of sulfonamides is 1. The Balaban J connectivity index is 2.13. The van der Waals surface area contributed by atoms with Crippen LogP contribution in [0.15, 0.2) is 23.1 Å². The second-order valence-electron chi connectivity index (χ2n) is 6.15. The van der Waals surface area contributed by atoms with E-state index in [1.807, 2.05) is 12.3 Å². The first-order valence-electron chi connectivity index (χ1n) is 8.59. The van der Waals surface area contributed by atoms with Crippen molar-refractivity contribution in [3.8, 4) is 11.9 Å². The average molecular weight is 366 g/mol. The minimum Gasteiger partial charge on any atom is -0.495 e. The lowest BCUT2D eigenvalue weighted by atomic mass is 10.2. The smallest absolute Gasteiger partial charge is 0.244 e. The number of likely N-dealkylation sites (tertiary alicyclic amines) is 1. The molecule has 1 aromatic carbocycles. The van der Waals surface area contributed by atoms with E-state index < -0.39 is 10.0 Å². The van der Waals surface area contributed by atoms with Gasteiger partial charge in [-0.2, -0.15) is 5.26 Å². The highest BCUT2D eigenvalue weighted by atomic mass is 32.2. The van der Waals surface area contributed by atoms with Crippen molar-refractivity contribution in [2.24, 2.45) is 0 Å². The number of unbranched alkanes of at least 4 members (excludes halogenated alkanes) is 2. The first-order chi connectivity index (χ1) is 12.0. The third-order valence-corrected chi connectivity index (χ3v) is 5.76. The van der Waals surface area contributed by atoms with Crippen LogP contribution in [0, 0.1) is 11.5 Å². The summed E-state index contributed by atoms with van der Waals surface area (Å²) in [5.74, 6) is 0.307. The molecule has 0 radical (unpaired) electrons. The second kappa shape index (κ2) is 8.92. The number of nitriles is 1. The highest BCUT2D eigenvalue weighted by Crippen LogP contribution is 2.28. The van der Waals surface area contributed by atoms with Crippen LogP contribution in [-0.2, 0) is 10.0 Å². The third-order valence-electron chi connectivity index (χ3n) is 4.21. The lowest BCUT2D eigenvalue weighted by Crippen LogP contribution is -2.36. The fourth-order valence-electron chi connectivity index (χ4n) is 2.83. The van der Waals surface area contributed by atoms with E-state index in [0.29, 0.717) is 25.3 Å². The Hall–Kier alpha value is -1.98. The Morgan fingerprint density at radius 1 is 1.40 bits per heavy atom. The van der Waals surface area contributed by atoms with Gasteiger partial charge in [0.25, 0.3) is 0 Å². The van der Waals surface area contributed by atoms with Crippen molar-refractivity contribution >= 4 is 15.7 Å². The van der Waals surface area contributed by atoms with Gasteiger partial charge in [-0.1, -0.05) is 19.8 Å². The Labute approximate surface area is 150 Å². The van der Waals surface area contributed by atoms with Gasteiger partial charge in [-0.15, -0.1) is 0 Å². The molecule has 138 valence electrons. The van der Waals surface area contributed by atoms with E-state index in [1.54, 1.807) is 17.0 Å². The quantitative estimate of drug-likeness (QED) is 0.514. The first kappa shape index (κ1) is 19.3. The summed E-state index contributed by atoms with van der Waals surface area (Å²) in [6, 6.07) is 4.81. The lowest BCUT2D eigenvalue weighted by molar-refractivity contribution is 0.402. The Morgan fingerprint density at radius 3 is 2.84 bits per heavy atom. The minimum atomic E-state index is -3.73. The van der Waals surface area contributed by atoms with E-state index in [2.05, 4.69) is 17.0 Å². The molecule has 0 aliphatic carbocycles. The number of nitrogens with one attached hydrogen (secondary N) is 2. The number of rotatable bonds is 9. The summed E-state index contributed by atoms with van der Waals surface area (Å²) in [7, 11) is -2.27. The van der Waals surface area contributed by atoms with E-state index >= 15 is 0 Å². The maximum Gasteiger partial charge on any atom is 0.244 e. The van der Waals surface area contributed by atoms with Crippen LogP contribution in [0.1, 0.15) is 32.6 Å². The highest BCUT2D eigenvalue weighted by molar-refractivity contribution is 7.89. The Morgan fingerprint density at radius 2 is 2.20 bits per heavy atom. The molecule has 1 unspecified atom stereocenters. The van der Waals surface area contributed by atoms with Gasteiger partial charge in [0, 0.05) is 31.4 Å². The van der Waals surface area contributed by atoms with Gasteiger partial charge in [0.15, 0.2) is 6.19 Å². The van der Waals surface area contributed by atoms with Crippen LogP contribution in [0.3, 0.4) is 0 Å². The monoisotopic (exact) mass is 366 g/mol. The van der Waals surface area contributed by atoms with Crippen molar-refractivity contribution in [3.05, 3.63) is 18.2 Å². The largest absolute Gasteiger partial charge is 0.495 e. The molecule has 7 nitrogen and oxygen atoms in total. The van der Waals surface area contributed by atoms with Crippen molar-refractivity contribution in [1.82, 2.24) is 9.62 Å². The summed E-state index contributed by atoms with van der Waals surface area (Å²) in [5, 5.41) is 12.2. The van der Waals surface area contributed by atoms with Crippen LogP contribution >= 0.6 is 0 Å². The average Bonchev–Trinajstić information content (AvgIpc) is 3.05. The number of methoxy groups -OCH3 is 1. The van der Waals surface area contributed by atoms with Crippen LogP contribution in [-0.4, -0.2) is 46.1 Å². The molecule has 25 heavy (non-hydrogen) atoms. The molecule has 1 aromatic rings. The Bertz CT molecular complexity index is 715. The summed E-state index contributed by atoms with van der Waals surface area (Å²) < 4.78 is 33.5. The van der Waals surface area contributed by atoms with Gasteiger partial charge in [-0.05, 0) is 31.0 Å². The van der Waals surface area contributed by atoms with E-state index in [1.165, 1.54) is 7.11 Å². The van der Waals surface area contributed by atoms with Crippen molar-refractivity contribution in [1.29, 1.82) is 5.26 Å². The lowest BCUT2D eigenvalue weighted by Gasteiger charge is -2.16. The van der Waals surface area contributed by atoms with Crippen molar-refractivity contribution in [3.63, 3.8) is 0 Å². The van der Waals surface area contributed by atoms with Crippen LogP contribution < -0.4 is 14.8 Å². The number of nitrogens with zero attached hydrogens (tertiary/aromatic N) is 2. The van der Waals surface area contributed by atoms with Gasteiger partial charge in [-0.3, -0.25) is 0 Å². The van der Waals surface area contributed by atoms with Gasteiger partial charge in [0.1, 0.15) is 10.6 Å². The van der Waals surface area contributed by atoms with E-state index in [-0.39, 0.29) is 10.9 Å². The second-order valence-corrected chi connectivity index (χ2v) is 7.83. The molecule has 1 fully saturated rings. The Kier molecular flexibility index (Phi) is 6.91. The normalized spacial score (nSPS) is 17.3. The molecule has 0 bridgehead atoms. The summed E-state index contributed by atoms with van der Waals surface area (Å²) in [6.45, 7) is 3.90. The zero-order chi connectivity index (χ0) is 18.3. The summed E-state index contributed by atoms with van der Waals surface area (Å²) in [4.78, 5) is 1.67. The number of hydrogen-bond acceptors (Lipinski definition) is 6. The third kappa shape index (κ3) is 5.25. The topological polar surface area (TPSA) is 94.5 Å². The molecule has 8 heteroatoms. The molecule has 1 heterocycles. The van der Waals surface area contributed by atoms with E-state index in [4.69, 9.17) is 10.00 Å². The molecule has 0 amide bonds. The standard InChI is InChI=1S/C17H26N4O3S/c1-3-4-5-9-19-14-6-7-16(24-2)17(11-14)25(22,23)20-15-8-10-21(12-15)13-18/h6-7,11,15,19-20H,3-5,8-10,12H2,1-2H3. The van der Waals surface area contributed by atoms with E-state index in [9.17, 15) is 8.42 Å². The molecule has 1 saturated heterocycles. The van der Waals surface area contributed by atoms with Crippen molar-refractivity contribution < 1.29 is 13.2 Å². The molecule has 1 aliphatic heterocycles. The molecule has 0 aromatic heterocycles. The molecule has 1 atom stereocenters. The first-order valence-corrected chi connectivity index (χ1v) is 10.1. The molecular weight excluding hydrogens is 340 g/mol. The molecule has 0 saturated carbocycles. The van der Waals surface area contributed by atoms with Crippen molar-refractivity contribution in [2.45, 2.75) is 43.5 Å². The van der Waals surface area contributed by atoms with Gasteiger partial charge in [-0.25, -0.2) is 13.1 Å². The zero-order valence-corrected chi connectivity index (χ0v) is 15.6. The molecule has 0 spiro atoms. The van der Waals surface area contributed by atoms with Gasteiger partial charge in [0.05, 0.1) is 7.11 Å². The predicted molar refractivity (Wildman–Crippen MR) is 96.9 cm³/mol. The van der Waals surface area contributed by atoms with E-state index in [0.717, 1.165) is 31.5 Å². The maximum atomic E-state index is 12.8. The molecular formula is C17H26N4O3S. The minimum absolute atomic E-state index is 0.117. The van der Waals surface area contributed by atoms with Gasteiger partial charge < -0.3 is 15.0 Å². The fourth-order valence-corrected chi connectivity index (χ4v) is 4.29. The molecule has 2 rings (SSSR count). The van der Waals surface area contributed by atoms with Gasteiger partial charge >= 0.3 is 0 Å². The number of benzene rings is 1. The van der Waals surface area contributed by atoms with Crippen LogP contribution in [0.4, 0.5) is 5.69 Å². The maximum absolute atomic E-state index is 12.8. The van der Waals surface area contributed by atoms with Crippen molar-refractivity contribution in [2.75, 3.05) is 32.1 Å². The number of ether oxygens (including phenoxy) is 1. The summed E-state index contributed by atoms with van der Waals surface area (Å²) in [5.41, 5.74) is 0.752. The summed E-state index contributed by atoms with van der Waals surface area (Å²) in [6.07, 6.45) is 5.97. The van der Waals surface area contributed by atoms with Gasteiger partial charge in [0.2, 0.25) is 10.0 Å². The highest BCUT2D eigenvalue weighted by Gasteiger charge is 2.28. The van der Waals surface area contributed by atoms with Crippen LogP contribution in [0.5, 0.6) is 5.75 Å². The molecule has 1 aliphatic rings. The number of anilines is 1. The number of hydrogen-bond donors (Lipinski definition) is 2. The predicted octanol–water partition coefficient (Wildman–Crippen LogP) is 2.13. The zero-order valence-electron chi connectivity index (χ0n) is 14.8.